The molecule has 0 aliphatic heterocycles. The average molecular weight is 302 g/mol. The van der Waals surface area contributed by atoms with E-state index in [-0.39, 0.29) is 11.2 Å². The highest BCUT2D eigenvalue weighted by atomic mass is 16.4. The Hall–Kier alpha value is -2.17. The molecule has 2 aromatic rings. The zero-order valence-corrected chi connectivity index (χ0v) is 13.7. The topological polar surface area (TPSA) is 72.2 Å². The first-order chi connectivity index (χ1) is 10.2. The molecule has 5 heteroatoms. The number of Topliss-reactive ketones (excluding diaryl/α,β-unsaturated/α-hetero) is 1. The number of hydrogen-bond acceptors (Lipinski definition) is 3. The molecule has 5 nitrogen and oxygen atoms in total. The van der Waals surface area contributed by atoms with E-state index in [2.05, 4.69) is 4.98 Å². The van der Waals surface area contributed by atoms with Crippen molar-refractivity contribution in [2.24, 2.45) is 0 Å². The third-order valence-corrected chi connectivity index (χ3v) is 3.75. The fourth-order valence-corrected chi connectivity index (χ4v) is 2.51. The van der Waals surface area contributed by atoms with Crippen molar-refractivity contribution in [1.82, 2.24) is 9.55 Å². The molecule has 1 aromatic heterocycles. The van der Waals surface area contributed by atoms with Crippen molar-refractivity contribution in [3.05, 3.63) is 29.6 Å². The Balaban J connectivity index is 2.74. The number of rotatable bonds is 4. The zero-order valence-electron chi connectivity index (χ0n) is 13.7. The molecular weight excluding hydrogens is 280 g/mol. The lowest BCUT2D eigenvalue weighted by Gasteiger charge is -2.22. The maximum absolute atomic E-state index is 11.9. The number of fused-ring (bicyclic) bond motifs is 1. The molecule has 0 aliphatic carbocycles. The van der Waals surface area contributed by atoms with Gasteiger partial charge in [0.25, 0.3) is 0 Å². The van der Waals surface area contributed by atoms with E-state index in [0.29, 0.717) is 23.3 Å². The molecule has 22 heavy (non-hydrogen) atoms. The van der Waals surface area contributed by atoms with Crippen molar-refractivity contribution in [3.63, 3.8) is 0 Å². The summed E-state index contributed by atoms with van der Waals surface area (Å²) >= 11 is 0. The van der Waals surface area contributed by atoms with Gasteiger partial charge in [0.2, 0.25) is 0 Å². The molecule has 2 rings (SSSR count). The Morgan fingerprint density at radius 1 is 1.32 bits per heavy atom. The van der Waals surface area contributed by atoms with Gasteiger partial charge in [-0.2, -0.15) is 0 Å². The van der Waals surface area contributed by atoms with Gasteiger partial charge < -0.3 is 9.67 Å². The third kappa shape index (κ3) is 2.75. The summed E-state index contributed by atoms with van der Waals surface area (Å²) in [6.07, 6.45) is 0.434. The predicted molar refractivity (Wildman–Crippen MR) is 85.4 cm³/mol. The van der Waals surface area contributed by atoms with Gasteiger partial charge in [0.15, 0.2) is 5.78 Å². The summed E-state index contributed by atoms with van der Waals surface area (Å²) in [4.78, 5) is 27.9. The number of carbonyl (C=O) groups is 2. The molecule has 0 saturated heterocycles. The van der Waals surface area contributed by atoms with Crippen LogP contribution in [0.4, 0.5) is 0 Å². The highest BCUT2D eigenvalue weighted by Crippen LogP contribution is 2.30. The highest BCUT2D eigenvalue weighted by Gasteiger charge is 2.28. The van der Waals surface area contributed by atoms with Gasteiger partial charge in [-0.3, -0.25) is 4.79 Å². The number of carboxylic acid groups (broad SMARTS) is 1. The van der Waals surface area contributed by atoms with Gasteiger partial charge in [-0.05, 0) is 25.1 Å². The van der Waals surface area contributed by atoms with Crippen molar-refractivity contribution in [3.8, 4) is 0 Å². The first kappa shape index (κ1) is 16.2. The second-order valence-corrected chi connectivity index (χ2v) is 6.55. The van der Waals surface area contributed by atoms with Gasteiger partial charge in [0.05, 0.1) is 11.0 Å². The summed E-state index contributed by atoms with van der Waals surface area (Å²) in [7, 11) is 0. The summed E-state index contributed by atoms with van der Waals surface area (Å²) < 4.78 is 1.75. The molecule has 118 valence electrons. The van der Waals surface area contributed by atoms with Crippen LogP contribution in [0.25, 0.3) is 11.0 Å². The Labute approximate surface area is 130 Å². The van der Waals surface area contributed by atoms with E-state index in [4.69, 9.17) is 0 Å². The summed E-state index contributed by atoms with van der Waals surface area (Å²) in [6, 6.07) is 4.57. The second-order valence-electron chi connectivity index (χ2n) is 6.55. The second kappa shape index (κ2) is 5.55. The van der Waals surface area contributed by atoms with Gasteiger partial charge in [-0.15, -0.1) is 0 Å². The molecule has 0 fully saturated rings. The third-order valence-electron chi connectivity index (χ3n) is 3.75. The smallest absolute Gasteiger partial charge is 0.326 e. The number of carboxylic acids is 1. The van der Waals surface area contributed by atoms with Crippen molar-refractivity contribution in [1.29, 1.82) is 0 Å². The predicted octanol–water partition coefficient (Wildman–Crippen LogP) is 3.57. The summed E-state index contributed by atoms with van der Waals surface area (Å²) in [6.45, 7) is 9.45. The molecule has 0 radical (unpaired) electrons. The van der Waals surface area contributed by atoms with E-state index >= 15 is 0 Å². The number of imidazole rings is 1. The van der Waals surface area contributed by atoms with Gasteiger partial charge >= 0.3 is 5.97 Å². The van der Waals surface area contributed by atoms with Crippen LogP contribution in [0.15, 0.2) is 18.2 Å². The molecule has 0 aliphatic rings. The molecule has 0 spiro atoms. The van der Waals surface area contributed by atoms with Gasteiger partial charge in [0, 0.05) is 17.4 Å². The molecule has 0 bridgehead atoms. The maximum atomic E-state index is 11.9. The number of nitrogens with zero attached hydrogens (tertiary/aromatic N) is 2. The van der Waals surface area contributed by atoms with Crippen molar-refractivity contribution in [2.45, 2.75) is 52.5 Å². The molecular formula is C17H22N2O3. The summed E-state index contributed by atoms with van der Waals surface area (Å²) in [5.74, 6) is -0.142. The van der Waals surface area contributed by atoms with Crippen molar-refractivity contribution < 1.29 is 14.7 Å². The largest absolute Gasteiger partial charge is 0.480 e. The molecule has 1 N–H and O–H groups in total. The lowest BCUT2D eigenvalue weighted by Crippen LogP contribution is -2.24. The minimum absolute atomic E-state index is 0.0556. The first-order valence-corrected chi connectivity index (χ1v) is 7.45. The number of benzene rings is 1. The molecule has 0 amide bonds. The normalized spacial score (nSPS) is 13.3. The summed E-state index contributed by atoms with van der Waals surface area (Å²) in [5, 5.41) is 9.38. The molecule has 0 saturated carbocycles. The van der Waals surface area contributed by atoms with Crippen LogP contribution in [0.3, 0.4) is 0 Å². The lowest BCUT2D eigenvalue weighted by atomic mass is 9.95. The van der Waals surface area contributed by atoms with Crippen LogP contribution in [0.2, 0.25) is 0 Å². The van der Waals surface area contributed by atoms with Crippen LogP contribution in [0, 0.1) is 0 Å². The van der Waals surface area contributed by atoms with Crippen LogP contribution in [0.5, 0.6) is 0 Å². The SMILES string of the molecule is CCC(=O)c1ccc2c(c1)nc(C(C)(C)C)n2C(C)C(=O)O. The summed E-state index contributed by atoms with van der Waals surface area (Å²) in [5.41, 5.74) is 1.73. The minimum atomic E-state index is -0.904. The molecule has 1 heterocycles. The number of aliphatic carboxylic acids is 1. The average Bonchev–Trinajstić information content (AvgIpc) is 2.83. The Bertz CT molecular complexity index is 738. The van der Waals surface area contributed by atoms with Crippen LogP contribution >= 0.6 is 0 Å². The first-order valence-electron chi connectivity index (χ1n) is 7.45. The van der Waals surface area contributed by atoms with Crippen LogP contribution in [-0.2, 0) is 10.2 Å². The Morgan fingerprint density at radius 2 is 1.95 bits per heavy atom. The maximum Gasteiger partial charge on any atom is 0.326 e. The zero-order chi connectivity index (χ0) is 16.7. The van der Waals surface area contributed by atoms with Crippen LogP contribution in [-0.4, -0.2) is 26.4 Å². The number of ketones is 1. The molecule has 1 unspecified atom stereocenters. The standard InChI is InChI=1S/C17H22N2O3/c1-6-14(20)11-7-8-13-12(9-11)18-16(17(3,4)5)19(13)10(2)15(21)22/h7-10H,6H2,1-5H3,(H,21,22). The molecule has 1 atom stereocenters. The number of aromatic nitrogens is 2. The van der Waals surface area contributed by atoms with Crippen LogP contribution < -0.4 is 0 Å². The number of hydrogen-bond donors (Lipinski definition) is 1. The van der Waals surface area contributed by atoms with Gasteiger partial charge in [-0.1, -0.05) is 27.7 Å². The van der Waals surface area contributed by atoms with Crippen LogP contribution in [0.1, 0.15) is 63.3 Å². The van der Waals surface area contributed by atoms with Gasteiger partial charge in [0.1, 0.15) is 11.9 Å². The van der Waals surface area contributed by atoms with E-state index in [0.717, 1.165) is 5.52 Å². The lowest BCUT2D eigenvalue weighted by molar-refractivity contribution is -0.140. The quantitative estimate of drug-likeness (QED) is 0.876. The van der Waals surface area contributed by atoms with Gasteiger partial charge in [-0.25, -0.2) is 9.78 Å². The fraction of sp³-hybridized carbons (Fsp3) is 0.471. The monoisotopic (exact) mass is 302 g/mol. The molecule has 1 aromatic carbocycles. The van der Waals surface area contributed by atoms with E-state index in [1.807, 2.05) is 27.7 Å². The van der Waals surface area contributed by atoms with E-state index in [1.54, 1.807) is 29.7 Å². The van der Waals surface area contributed by atoms with Crippen molar-refractivity contribution in [2.75, 3.05) is 0 Å². The van der Waals surface area contributed by atoms with E-state index in [9.17, 15) is 14.7 Å². The van der Waals surface area contributed by atoms with E-state index < -0.39 is 12.0 Å². The van der Waals surface area contributed by atoms with Crippen molar-refractivity contribution >= 4 is 22.8 Å². The highest BCUT2D eigenvalue weighted by molar-refractivity contribution is 5.99. The Kier molecular flexibility index (Phi) is 4.09. The number of carbonyl (C=O) groups excluding carboxylic acids is 1. The van der Waals surface area contributed by atoms with E-state index in [1.165, 1.54) is 0 Å². The Morgan fingerprint density at radius 3 is 2.45 bits per heavy atom. The minimum Gasteiger partial charge on any atom is -0.480 e. The fourth-order valence-electron chi connectivity index (χ4n) is 2.51.